The monoisotopic (exact) mass is 211 g/mol. The minimum atomic E-state index is 0.379. The van der Waals surface area contributed by atoms with Crippen LogP contribution in [0.5, 0.6) is 0 Å². The van der Waals surface area contributed by atoms with E-state index < -0.39 is 0 Å². The lowest BCUT2D eigenvalue weighted by molar-refractivity contribution is 0.796. The van der Waals surface area contributed by atoms with Crippen molar-refractivity contribution >= 4 is 21.8 Å². The maximum Gasteiger partial charge on any atom is 0.0897 e. The number of rotatable bonds is 1. The highest BCUT2D eigenvalue weighted by molar-refractivity contribution is 6.07. The van der Waals surface area contributed by atoms with Gasteiger partial charge in [-0.3, -0.25) is 0 Å². The summed E-state index contributed by atoms with van der Waals surface area (Å²) >= 11 is 0. The van der Waals surface area contributed by atoms with Crippen LogP contribution < -0.4 is 0 Å². The second kappa shape index (κ2) is 3.30. The first kappa shape index (κ1) is 9.33. The van der Waals surface area contributed by atoms with Gasteiger partial charge in [0.05, 0.1) is 17.4 Å². The molecule has 3 rings (SSSR count). The number of H-pyrrole nitrogens is 1. The van der Waals surface area contributed by atoms with Crippen LogP contribution in [0.15, 0.2) is 30.5 Å². The Morgan fingerprint density at radius 2 is 1.94 bits per heavy atom. The number of nitrogens with zero attached hydrogens (tertiary/aromatic N) is 2. The summed E-state index contributed by atoms with van der Waals surface area (Å²) in [6, 6.07) is 8.28. The number of fused-ring (bicyclic) bond motifs is 3. The number of hydrogen-bond acceptors (Lipinski definition) is 2. The molecule has 0 saturated carbocycles. The number of aromatic amines is 1. The van der Waals surface area contributed by atoms with E-state index in [2.05, 4.69) is 41.2 Å². The molecule has 3 nitrogen and oxygen atoms in total. The van der Waals surface area contributed by atoms with Crippen molar-refractivity contribution in [2.45, 2.75) is 19.8 Å². The number of hydrogen-bond donors (Lipinski definition) is 1. The van der Waals surface area contributed by atoms with Gasteiger partial charge in [-0.2, -0.15) is 10.2 Å². The molecule has 0 aliphatic rings. The van der Waals surface area contributed by atoms with Gasteiger partial charge in [-0.25, -0.2) is 0 Å². The standard InChI is InChI=1S/C13H13N3/c1-8(2)12-13-10(7-14-16-12)9-5-3-4-6-11(9)15-13/h3-8,15H,1-2H3. The molecule has 2 aromatic heterocycles. The van der Waals surface area contributed by atoms with Crippen molar-refractivity contribution in [2.24, 2.45) is 0 Å². The van der Waals surface area contributed by atoms with E-state index >= 15 is 0 Å². The van der Waals surface area contributed by atoms with Crippen LogP contribution in [0.2, 0.25) is 0 Å². The van der Waals surface area contributed by atoms with Gasteiger partial charge in [0.15, 0.2) is 0 Å². The average Bonchev–Trinajstić information content (AvgIpc) is 2.67. The van der Waals surface area contributed by atoms with Gasteiger partial charge < -0.3 is 4.98 Å². The van der Waals surface area contributed by atoms with Crippen LogP contribution in [-0.2, 0) is 0 Å². The molecule has 3 aromatic rings. The van der Waals surface area contributed by atoms with Crippen molar-refractivity contribution in [3.8, 4) is 0 Å². The molecular formula is C13H13N3. The normalized spacial score (nSPS) is 11.7. The van der Waals surface area contributed by atoms with Crippen molar-refractivity contribution in [1.29, 1.82) is 0 Å². The number of aromatic nitrogens is 3. The summed E-state index contributed by atoms with van der Waals surface area (Å²) in [7, 11) is 0. The zero-order valence-corrected chi connectivity index (χ0v) is 9.36. The largest absolute Gasteiger partial charge is 0.353 e. The Morgan fingerprint density at radius 1 is 1.12 bits per heavy atom. The van der Waals surface area contributed by atoms with E-state index in [1.54, 1.807) is 0 Å². The van der Waals surface area contributed by atoms with Gasteiger partial charge in [0, 0.05) is 16.3 Å². The molecule has 16 heavy (non-hydrogen) atoms. The first-order valence-corrected chi connectivity index (χ1v) is 5.49. The van der Waals surface area contributed by atoms with Crippen molar-refractivity contribution in [3.63, 3.8) is 0 Å². The number of benzene rings is 1. The Hall–Kier alpha value is -1.90. The quantitative estimate of drug-likeness (QED) is 0.671. The lowest BCUT2D eigenvalue weighted by atomic mass is 10.1. The summed E-state index contributed by atoms with van der Waals surface area (Å²) in [5.74, 6) is 0.379. The summed E-state index contributed by atoms with van der Waals surface area (Å²) in [5.41, 5.74) is 3.30. The second-order valence-electron chi connectivity index (χ2n) is 4.34. The molecule has 0 spiro atoms. The molecule has 1 aromatic carbocycles. The highest BCUT2D eigenvalue weighted by atomic mass is 15.1. The van der Waals surface area contributed by atoms with Crippen LogP contribution in [0, 0.1) is 0 Å². The molecule has 0 bridgehead atoms. The SMILES string of the molecule is CC(C)c1nncc2c1[nH]c1ccccc12. The smallest absolute Gasteiger partial charge is 0.0897 e. The fraction of sp³-hybridized carbons (Fsp3) is 0.231. The van der Waals surface area contributed by atoms with Crippen LogP contribution in [0.25, 0.3) is 21.8 Å². The molecule has 0 fully saturated rings. The van der Waals surface area contributed by atoms with E-state index in [-0.39, 0.29) is 0 Å². The molecule has 2 heterocycles. The predicted octanol–water partition coefficient (Wildman–Crippen LogP) is 3.23. The lowest BCUT2D eigenvalue weighted by Crippen LogP contribution is -1.95. The first-order chi connectivity index (χ1) is 7.77. The van der Waals surface area contributed by atoms with Gasteiger partial charge >= 0.3 is 0 Å². The average molecular weight is 211 g/mol. The molecule has 0 amide bonds. The Labute approximate surface area is 93.5 Å². The van der Waals surface area contributed by atoms with E-state index in [1.165, 1.54) is 5.39 Å². The van der Waals surface area contributed by atoms with Gasteiger partial charge in [0.25, 0.3) is 0 Å². The topological polar surface area (TPSA) is 41.6 Å². The molecular weight excluding hydrogens is 198 g/mol. The fourth-order valence-electron chi connectivity index (χ4n) is 2.10. The Kier molecular flexibility index (Phi) is 1.93. The van der Waals surface area contributed by atoms with Gasteiger partial charge in [-0.1, -0.05) is 32.0 Å². The van der Waals surface area contributed by atoms with Crippen LogP contribution in [0.3, 0.4) is 0 Å². The third-order valence-corrected chi connectivity index (χ3v) is 2.90. The van der Waals surface area contributed by atoms with Gasteiger partial charge in [-0.15, -0.1) is 0 Å². The van der Waals surface area contributed by atoms with E-state index in [4.69, 9.17) is 0 Å². The Bertz CT molecular complexity index is 652. The summed E-state index contributed by atoms with van der Waals surface area (Å²) < 4.78 is 0. The molecule has 0 unspecified atom stereocenters. The minimum Gasteiger partial charge on any atom is -0.353 e. The molecule has 1 N–H and O–H groups in total. The molecule has 0 atom stereocenters. The molecule has 0 aliphatic heterocycles. The third-order valence-electron chi connectivity index (χ3n) is 2.90. The second-order valence-corrected chi connectivity index (χ2v) is 4.34. The highest BCUT2D eigenvalue weighted by Gasteiger charge is 2.11. The van der Waals surface area contributed by atoms with Crippen molar-refractivity contribution < 1.29 is 0 Å². The zero-order chi connectivity index (χ0) is 11.1. The lowest BCUT2D eigenvalue weighted by Gasteiger charge is -2.03. The maximum absolute atomic E-state index is 4.22. The summed E-state index contributed by atoms with van der Waals surface area (Å²) in [6.45, 7) is 4.27. The molecule has 0 aliphatic carbocycles. The molecule has 0 saturated heterocycles. The Morgan fingerprint density at radius 3 is 2.75 bits per heavy atom. The Balaban J connectivity index is 2.49. The molecule has 80 valence electrons. The van der Waals surface area contributed by atoms with Crippen molar-refractivity contribution in [2.75, 3.05) is 0 Å². The van der Waals surface area contributed by atoms with Gasteiger partial charge in [-0.05, 0) is 12.0 Å². The summed E-state index contributed by atoms with van der Waals surface area (Å²) in [4.78, 5) is 3.43. The minimum absolute atomic E-state index is 0.379. The van der Waals surface area contributed by atoms with E-state index in [0.29, 0.717) is 5.92 Å². The van der Waals surface area contributed by atoms with E-state index in [9.17, 15) is 0 Å². The molecule has 3 heteroatoms. The van der Waals surface area contributed by atoms with Crippen molar-refractivity contribution in [1.82, 2.24) is 15.2 Å². The summed E-state index contributed by atoms with van der Waals surface area (Å²) in [6.07, 6.45) is 1.83. The molecule has 0 radical (unpaired) electrons. The van der Waals surface area contributed by atoms with E-state index in [0.717, 1.165) is 22.1 Å². The zero-order valence-electron chi connectivity index (χ0n) is 9.36. The fourth-order valence-corrected chi connectivity index (χ4v) is 2.10. The first-order valence-electron chi connectivity index (χ1n) is 5.49. The predicted molar refractivity (Wildman–Crippen MR) is 65.5 cm³/mol. The van der Waals surface area contributed by atoms with Crippen LogP contribution in [0.4, 0.5) is 0 Å². The van der Waals surface area contributed by atoms with Crippen LogP contribution >= 0.6 is 0 Å². The van der Waals surface area contributed by atoms with Crippen molar-refractivity contribution in [3.05, 3.63) is 36.2 Å². The number of para-hydroxylation sites is 1. The van der Waals surface area contributed by atoms with Crippen LogP contribution in [-0.4, -0.2) is 15.2 Å². The number of nitrogens with one attached hydrogen (secondary N) is 1. The van der Waals surface area contributed by atoms with Gasteiger partial charge in [0.1, 0.15) is 0 Å². The maximum atomic E-state index is 4.22. The van der Waals surface area contributed by atoms with Gasteiger partial charge in [0.2, 0.25) is 0 Å². The third kappa shape index (κ3) is 1.21. The van der Waals surface area contributed by atoms with Crippen LogP contribution in [0.1, 0.15) is 25.5 Å². The highest BCUT2D eigenvalue weighted by Crippen LogP contribution is 2.28. The van der Waals surface area contributed by atoms with E-state index in [1.807, 2.05) is 18.3 Å². The summed E-state index contributed by atoms with van der Waals surface area (Å²) in [5, 5.41) is 10.7.